The highest BCUT2D eigenvalue weighted by molar-refractivity contribution is 9.10. The minimum absolute atomic E-state index is 0.0711. The lowest BCUT2D eigenvalue weighted by Gasteiger charge is -2.23. The zero-order valence-corrected chi connectivity index (χ0v) is 13.4. The van der Waals surface area contributed by atoms with Crippen LogP contribution in [0.25, 0.3) is 0 Å². The summed E-state index contributed by atoms with van der Waals surface area (Å²) in [4.78, 5) is 12.3. The van der Waals surface area contributed by atoms with Gasteiger partial charge >= 0.3 is 0 Å². The number of piperidine rings is 1. The number of ether oxygens (including phenoxy) is 2. The maximum Gasteiger partial charge on any atom is 0.251 e. The quantitative estimate of drug-likeness (QED) is 0.870. The van der Waals surface area contributed by atoms with Crippen LogP contribution in [0.1, 0.15) is 23.2 Å². The number of hydrogen-bond donors (Lipinski definition) is 2. The minimum Gasteiger partial charge on any atom is -0.486 e. The predicted molar refractivity (Wildman–Crippen MR) is 83.1 cm³/mol. The van der Waals surface area contributed by atoms with E-state index in [0.717, 1.165) is 24.0 Å². The summed E-state index contributed by atoms with van der Waals surface area (Å²) in [6.07, 6.45) is 2.34. The fourth-order valence-corrected chi connectivity index (χ4v) is 3.24. The number of benzene rings is 1. The fraction of sp³-hybridized carbons (Fsp3) is 0.533. The lowest BCUT2D eigenvalue weighted by atomic mass is 9.99. The normalized spacial score (nSPS) is 20.9. The van der Waals surface area contributed by atoms with E-state index in [1.807, 2.05) is 0 Å². The van der Waals surface area contributed by atoms with Gasteiger partial charge in [-0.05, 0) is 59.9 Å². The first-order chi connectivity index (χ1) is 10.2. The van der Waals surface area contributed by atoms with Gasteiger partial charge in [-0.25, -0.2) is 0 Å². The van der Waals surface area contributed by atoms with E-state index in [1.165, 1.54) is 6.42 Å². The van der Waals surface area contributed by atoms with Crippen molar-refractivity contribution in [1.82, 2.24) is 10.6 Å². The monoisotopic (exact) mass is 354 g/mol. The number of rotatable bonds is 3. The number of carbonyl (C=O) groups excluding carboxylic acids is 1. The summed E-state index contributed by atoms with van der Waals surface area (Å²) >= 11 is 3.43. The van der Waals surface area contributed by atoms with Crippen molar-refractivity contribution in [1.29, 1.82) is 0 Å². The standard InChI is InChI=1S/C15H19BrN2O3/c16-12-6-11(7-13-14(12)21-5-4-20-13)15(19)18-9-10-2-1-3-17-8-10/h6-7,10,17H,1-5,8-9H2,(H,18,19). The zero-order chi connectivity index (χ0) is 14.7. The molecule has 1 fully saturated rings. The molecule has 3 rings (SSSR count). The third-order valence-corrected chi connectivity index (χ3v) is 4.40. The molecule has 0 aromatic heterocycles. The van der Waals surface area contributed by atoms with E-state index >= 15 is 0 Å². The molecule has 2 N–H and O–H groups in total. The smallest absolute Gasteiger partial charge is 0.251 e. The van der Waals surface area contributed by atoms with Gasteiger partial charge in [0.25, 0.3) is 5.91 Å². The first-order valence-electron chi connectivity index (χ1n) is 7.32. The largest absolute Gasteiger partial charge is 0.486 e. The topological polar surface area (TPSA) is 59.6 Å². The molecule has 1 unspecified atom stereocenters. The second-order valence-corrected chi connectivity index (χ2v) is 6.26. The number of halogens is 1. The van der Waals surface area contributed by atoms with E-state index in [4.69, 9.17) is 9.47 Å². The van der Waals surface area contributed by atoms with Gasteiger partial charge in [-0.15, -0.1) is 0 Å². The Labute approximate surface area is 132 Å². The zero-order valence-electron chi connectivity index (χ0n) is 11.8. The summed E-state index contributed by atoms with van der Waals surface area (Å²) in [6, 6.07) is 3.52. The number of fused-ring (bicyclic) bond motifs is 1. The summed E-state index contributed by atoms with van der Waals surface area (Å²) in [5, 5.41) is 6.36. The van der Waals surface area contributed by atoms with Crippen LogP contribution in [0.3, 0.4) is 0 Å². The maximum absolute atomic E-state index is 12.3. The molecule has 1 atom stereocenters. The Balaban J connectivity index is 1.65. The molecule has 2 aliphatic heterocycles. The molecule has 2 heterocycles. The summed E-state index contributed by atoms with van der Waals surface area (Å²) in [6.45, 7) is 3.81. The van der Waals surface area contributed by atoms with Crippen molar-refractivity contribution >= 4 is 21.8 Å². The van der Waals surface area contributed by atoms with Crippen molar-refractivity contribution in [3.63, 3.8) is 0 Å². The Hall–Kier alpha value is -1.27. The summed E-state index contributed by atoms with van der Waals surface area (Å²) in [7, 11) is 0. The molecule has 2 aliphatic rings. The molecule has 0 saturated carbocycles. The molecule has 5 nitrogen and oxygen atoms in total. The van der Waals surface area contributed by atoms with Crippen molar-refractivity contribution in [2.24, 2.45) is 5.92 Å². The molecule has 21 heavy (non-hydrogen) atoms. The molecule has 1 aromatic rings. The highest BCUT2D eigenvalue weighted by Gasteiger charge is 2.20. The molecular formula is C15H19BrN2O3. The van der Waals surface area contributed by atoms with Crippen LogP contribution in [0.5, 0.6) is 11.5 Å². The molecular weight excluding hydrogens is 336 g/mol. The first-order valence-corrected chi connectivity index (χ1v) is 8.11. The van der Waals surface area contributed by atoms with E-state index in [-0.39, 0.29) is 5.91 Å². The van der Waals surface area contributed by atoms with Crippen molar-refractivity contribution in [2.45, 2.75) is 12.8 Å². The van der Waals surface area contributed by atoms with Crippen molar-refractivity contribution < 1.29 is 14.3 Å². The van der Waals surface area contributed by atoms with E-state index in [0.29, 0.717) is 42.7 Å². The van der Waals surface area contributed by atoms with Gasteiger partial charge in [-0.1, -0.05) is 0 Å². The van der Waals surface area contributed by atoms with Crippen LogP contribution in [0.4, 0.5) is 0 Å². The highest BCUT2D eigenvalue weighted by Crippen LogP contribution is 2.38. The van der Waals surface area contributed by atoms with Gasteiger partial charge in [0.1, 0.15) is 13.2 Å². The van der Waals surface area contributed by atoms with Gasteiger partial charge in [-0.2, -0.15) is 0 Å². The lowest BCUT2D eigenvalue weighted by Crippen LogP contribution is -2.38. The number of carbonyl (C=O) groups is 1. The average Bonchev–Trinajstić information content (AvgIpc) is 2.53. The third kappa shape index (κ3) is 3.49. The molecule has 6 heteroatoms. The SMILES string of the molecule is O=C(NCC1CCCNC1)c1cc(Br)c2c(c1)OCCO2. The van der Waals surface area contributed by atoms with Crippen molar-refractivity contribution in [3.05, 3.63) is 22.2 Å². The van der Waals surface area contributed by atoms with Gasteiger partial charge in [0, 0.05) is 12.1 Å². The van der Waals surface area contributed by atoms with Crippen LogP contribution in [0.2, 0.25) is 0 Å². The van der Waals surface area contributed by atoms with Crippen LogP contribution in [0, 0.1) is 5.92 Å². The fourth-order valence-electron chi connectivity index (χ4n) is 2.68. The third-order valence-electron chi connectivity index (χ3n) is 3.81. The average molecular weight is 355 g/mol. The Morgan fingerprint density at radius 2 is 2.24 bits per heavy atom. The van der Waals surface area contributed by atoms with Crippen LogP contribution in [-0.4, -0.2) is 38.8 Å². The molecule has 114 valence electrons. The second-order valence-electron chi connectivity index (χ2n) is 5.40. The molecule has 0 spiro atoms. The van der Waals surface area contributed by atoms with Gasteiger partial charge in [0.2, 0.25) is 0 Å². The lowest BCUT2D eigenvalue weighted by molar-refractivity contribution is 0.0943. The van der Waals surface area contributed by atoms with Crippen LogP contribution < -0.4 is 20.1 Å². The van der Waals surface area contributed by atoms with E-state index in [9.17, 15) is 4.79 Å². The maximum atomic E-state index is 12.3. The van der Waals surface area contributed by atoms with Crippen LogP contribution >= 0.6 is 15.9 Å². The van der Waals surface area contributed by atoms with E-state index in [1.54, 1.807) is 12.1 Å². The highest BCUT2D eigenvalue weighted by atomic mass is 79.9. The van der Waals surface area contributed by atoms with Crippen molar-refractivity contribution in [3.8, 4) is 11.5 Å². The number of amides is 1. The minimum atomic E-state index is -0.0711. The molecule has 1 saturated heterocycles. The molecule has 0 aliphatic carbocycles. The Bertz CT molecular complexity index is 530. The molecule has 1 amide bonds. The first kappa shape index (κ1) is 14.7. The van der Waals surface area contributed by atoms with Crippen LogP contribution in [-0.2, 0) is 0 Å². The van der Waals surface area contributed by atoms with Crippen LogP contribution in [0.15, 0.2) is 16.6 Å². The summed E-state index contributed by atoms with van der Waals surface area (Å²) in [5.74, 6) is 1.75. The molecule has 0 radical (unpaired) electrons. The molecule has 1 aromatic carbocycles. The second kappa shape index (κ2) is 6.66. The Morgan fingerprint density at radius 3 is 3.05 bits per heavy atom. The van der Waals surface area contributed by atoms with Crippen molar-refractivity contribution in [2.75, 3.05) is 32.8 Å². The predicted octanol–water partition coefficient (Wildman–Crippen LogP) is 1.95. The summed E-state index contributed by atoms with van der Waals surface area (Å²) < 4.78 is 11.8. The molecule has 0 bridgehead atoms. The van der Waals surface area contributed by atoms with Gasteiger partial charge in [0.15, 0.2) is 11.5 Å². The van der Waals surface area contributed by atoms with E-state index < -0.39 is 0 Å². The van der Waals surface area contributed by atoms with Gasteiger partial charge in [-0.3, -0.25) is 4.79 Å². The number of hydrogen-bond acceptors (Lipinski definition) is 4. The summed E-state index contributed by atoms with van der Waals surface area (Å²) in [5.41, 5.74) is 0.592. The van der Waals surface area contributed by atoms with Gasteiger partial charge < -0.3 is 20.1 Å². The van der Waals surface area contributed by atoms with Gasteiger partial charge in [0.05, 0.1) is 4.47 Å². The Morgan fingerprint density at radius 1 is 1.38 bits per heavy atom. The Kier molecular flexibility index (Phi) is 4.65. The van der Waals surface area contributed by atoms with E-state index in [2.05, 4.69) is 26.6 Å². The number of nitrogens with one attached hydrogen (secondary N) is 2.